The van der Waals surface area contributed by atoms with Crippen molar-refractivity contribution in [2.75, 3.05) is 0 Å². The molecule has 1 aliphatic rings. The molecular weight excluding hydrogens is 318 g/mol. The normalized spacial score (nSPS) is 15.2. The van der Waals surface area contributed by atoms with Crippen molar-refractivity contribution < 1.29 is 37.3 Å². The first-order chi connectivity index (χ1) is 10.1. The first-order valence-corrected chi connectivity index (χ1v) is 7.32. The lowest BCUT2D eigenvalue weighted by molar-refractivity contribution is -0.135. The van der Waals surface area contributed by atoms with Crippen LogP contribution in [-0.4, -0.2) is 46.7 Å². The minimum absolute atomic E-state index is 0.191. The Bertz CT molecular complexity index is 794. The highest BCUT2D eigenvalue weighted by Crippen LogP contribution is 2.24. The average Bonchev–Trinajstić information content (AvgIpc) is 2.75. The minimum Gasteiger partial charge on any atom is -0.478 e. The van der Waals surface area contributed by atoms with Crippen LogP contribution in [0.3, 0.4) is 0 Å². The fraction of sp³-hybridized carbons (Fsp3) is 0.167. The van der Waals surface area contributed by atoms with Gasteiger partial charge in [-0.25, -0.2) is 9.69 Å². The van der Waals surface area contributed by atoms with E-state index in [0.29, 0.717) is 0 Å². The molecule has 2 N–H and O–H groups in total. The Kier molecular flexibility index (Phi) is 3.81. The number of carbonyl (C=O) groups excluding carboxylic acids is 3. The van der Waals surface area contributed by atoms with E-state index in [1.54, 1.807) is 0 Å². The topological polar surface area (TPSA) is 146 Å². The average molecular weight is 327 g/mol. The number of benzene rings is 1. The van der Waals surface area contributed by atoms with Gasteiger partial charge < -0.3 is 5.11 Å². The smallest absolute Gasteiger partial charge is 0.336 e. The predicted octanol–water partition coefficient (Wildman–Crippen LogP) is -0.0793. The number of rotatable bonds is 3. The van der Waals surface area contributed by atoms with Crippen molar-refractivity contribution in [2.24, 2.45) is 0 Å². The zero-order valence-electron chi connectivity index (χ0n) is 10.8. The molecule has 0 atom stereocenters. The number of likely N-dealkylation sites (tertiary alicyclic amines) is 1. The Hall–Kier alpha value is -2.59. The maximum Gasteiger partial charge on any atom is 0.336 e. The number of imide groups is 3. The fourth-order valence-corrected chi connectivity index (χ4v) is 2.77. The summed E-state index contributed by atoms with van der Waals surface area (Å²) in [7, 11) is -4.93. The first-order valence-electron chi connectivity index (χ1n) is 5.88. The quantitative estimate of drug-likeness (QED) is 0.579. The molecule has 1 heterocycles. The second-order valence-electron chi connectivity index (χ2n) is 4.39. The summed E-state index contributed by atoms with van der Waals surface area (Å²) in [5.41, 5.74) is -1.67. The van der Waals surface area contributed by atoms with Crippen LogP contribution in [-0.2, 0) is 19.7 Å². The Morgan fingerprint density at radius 2 is 1.64 bits per heavy atom. The molecule has 10 heteroatoms. The van der Waals surface area contributed by atoms with Crippen LogP contribution in [0.1, 0.15) is 33.6 Å². The van der Waals surface area contributed by atoms with E-state index < -0.39 is 49.8 Å². The maximum atomic E-state index is 12.3. The summed E-state index contributed by atoms with van der Waals surface area (Å²) in [5, 5.41) is 9.06. The molecule has 1 fully saturated rings. The predicted molar refractivity (Wildman–Crippen MR) is 68.6 cm³/mol. The zero-order chi connectivity index (χ0) is 16.7. The van der Waals surface area contributed by atoms with Gasteiger partial charge in [0.1, 0.15) is 4.90 Å². The van der Waals surface area contributed by atoms with Gasteiger partial charge in [-0.1, -0.05) is 6.07 Å². The van der Waals surface area contributed by atoms with Crippen molar-refractivity contribution in [2.45, 2.75) is 17.7 Å². The van der Waals surface area contributed by atoms with Crippen LogP contribution in [0, 0.1) is 0 Å². The fourth-order valence-electron chi connectivity index (χ4n) is 2.06. The van der Waals surface area contributed by atoms with Crippen molar-refractivity contribution in [3.63, 3.8) is 0 Å². The summed E-state index contributed by atoms with van der Waals surface area (Å²) in [4.78, 5) is 45.8. The van der Waals surface area contributed by atoms with Gasteiger partial charge in [-0.3, -0.25) is 18.9 Å². The SMILES string of the molecule is O=C(O)c1cccc(S(=O)(=O)O)c1C(=O)N1C(=O)CCC1=O. The van der Waals surface area contributed by atoms with E-state index in [-0.39, 0.29) is 17.7 Å². The van der Waals surface area contributed by atoms with E-state index in [2.05, 4.69) is 0 Å². The van der Waals surface area contributed by atoms with Crippen molar-refractivity contribution >= 4 is 33.8 Å². The summed E-state index contributed by atoms with van der Waals surface area (Å²) >= 11 is 0. The van der Waals surface area contributed by atoms with E-state index in [0.717, 1.165) is 18.2 Å². The number of carboxylic acid groups (broad SMARTS) is 1. The van der Waals surface area contributed by atoms with Crippen LogP contribution in [0.25, 0.3) is 0 Å². The van der Waals surface area contributed by atoms with Crippen LogP contribution in [0.15, 0.2) is 23.1 Å². The lowest BCUT2D eigenvalue weighted by atomic mass is 10.1. The Morgan fingerprint density at radius 3 is 2.09 bits per heavy atom. The van der Waals surface area contributed by atoms with Crippen LogP contribution in [0.2, 0.25) is 0 Å². The number of aromatic carboxylic acids is 1. The zero-order valence-corrected chi connectivity index (χ0v) is 11.7. The van der Waals surface area contributed by atoms with Crippen LogP contribution >= 0.6 is 0 Å². The molecule has 2 rings (SSSR count). The van der Waals surface area contributed by atoms with Crippen molar-refractivity contribution in [3.05, 3.63) is 29.3 Å². The minimum atomic E-state index is -4.93. The summed E-state index contributed by atoms with van der Waals surface area (Å²) < 4.78 is 31.8. The summed E-state index contributed by atoms with van der Waals surface area (Å²) in [6, 6.07) is 2.74. The van der Waals surface area contributed by atoms with Gasteiger partial charge in [0.05, 0.1) is 11.1 Å². The van der Waals surface area contributed by atoms with Gasteiger partial charge in [0.25, 0.3) is 16.0 Å². The maximum absolute atomic E-state index is 12.3. The van der Waals surface area contributed by atoms with E-state index in [9.17, 15) is 27.6 Å². The Balaban J connectivity index is 2.72. The largest absolute Gasteiger partial charge is 0.478 e. The number of nitrogens with zero attached hydrogens (tertiary/aromatic N) is 1. The Morgan fingerprint density at radius 1 is 1.09 bits per heavy atom. The summed E-state index contributed by atoms with van der Waals surface area (Å²) in [5.74, 6) is -4.76. The highest BCUT2D eigenvalue weighted by molar-refractivity contribution is 7.86. The standard InChI is InChI=1S/C12H9NO8S/c14-8-4-5-9(15)13(8)11(16)10-6(12(17)18)2-1-3-7(10)22(19,20)21/h1-3H,4-5H2,(H,17,18)(H,19,20,21). The van der Waals surface area contributed by atoms with Gasteiger partial charge in [-0.15, -0.1) is 0 Å². The molecule has 1 aromatic carbocycles. The third-order valence-electron chi connectivity index (χ3n) is 3.00. The lowest BCUT2D eigenvalue weighted by Gasteiger charge is -2.15. The van der Waals surface area contributed by atoms with E-state index in [1.807, 2.05) is 0 Å². The van der Waals surface area contributed by atoms with Gasteiger partial charge in [0.15, 0.2) is 0 Å². The highest BCUT2D eigenvalue weighted by atomic mass is 32.2. The number of hydrogen-bond donors (Lipinski definition) is 2. The lowest BCUT2D eigenvalue weighted by Crippen LogP contribution is -2.37. The van der Waals surface area contributed by atoms with E-state index in [1.165, 1.54) is 0 Å². The molecular formula is C12H9NO8S. The van der Waals surface area contributed by atoms with Gasteiger partial charge in [-0.05, 0) is 12.1 Å². The molecule has 0 radical (unpaired) electrons. The van der Waals surface area contributed by atoms with E-state index >= 15 is 0 Å². The van der Waals surface area contributed by atoms with Crippen LogP contribution in [0.4, 0.5) is 0 Å². The number of carbonyl (C=O) groups is 4. The molecule has 1 aromatic rings. The molecule has 0 saturated carbocycles. The summed E-state index contributed by atoms with van der Waals surface area (Å²) in [6.07, 6.45) is -0.470. The highest BCUT2D eigenvalue weighted by Gasteiger charge is 2.39. The van der Waals surface area contributed by atoms with Gasteiger partial charge in [-0.2, -0.15) is 8.42 Å². The van der Waals surface area contributed by atoms with Crippen molar-refractivity contribution in [1.82, 2.24) is 4.90 Å². The number of hydrogen-bond acceptors (Lipinski definition) is 6. The van der Waals surface area contributed by atoms with Gasteiger partial charge in [0.2, 0.25) is 11.8 Å². The monoisotopic (exact) mass is 327 g/mol. The first kappa shape index (κ1) is 15.8. The third kappa shape index (κ3) is 2.61. The third-order valence-corrected chi connectivity index (χ3v) is 3.90. The van der Waals surface area contributed by atoms with Crippen molar-refractivity contribution in [1.29, 1.82) is 0 Å². The molecule has 0 unspecified atom stereocenters. The van der Waals surface area contributed by atoms with Crippen LogP contribution in [0.5, 0.6) is 0 Å². The molecule has 9 nitrogen and oxygen atoms in total. The molecule has 0 aliphatic carbocycles. The molecule has 0 bridgehead atoms. The van der Waals surface area contributed by atoms with Gasteiger partial charge in [0, 0.05) is 12.8 Å². The molecule has 116 valence electrons. The second-order valence-corrected chi connectivity index (χ2v) is 5.78. The van der Waals surface area contributed by atoms with Gasteiger partial charge >= 0.3 is 5.97 Å². The second kappa shape index (κ2) is 5.31. The molecule has 0 spiro atoms. The Labute approximate surface area is 123 Å². The number of amides is 3. The number of carboxylic acids is 1. The summed E-state index contributed by atoms with van der Waals surface area (Å²) in [6.45, 7) is 0. The van der Waals surface area contributed by atoms with Crippen LogP contribution < -0.4 is 0 Å². The molecule has 1 aliphatic heterocycles. The molecule has 3 amide bonds. The molecule has 22 heavy (non-hydrogen) atoms. The molecule has 0 aromatic heterocycles. The molecule has 1 saturated heterocycles. The van der Waals surface area contributed by atoms with E-state index in [4.69, 9.17) is 9.66 Å². The van der Waals surface area contributed by atoms with Crippen molar-refractivity contribution in [3.8, 4) is 0 Å².